The Labute approximate surface area is 108 Å². The van der Waals surface area contributed by atoms with Crippen LogP contribution in [0.3, 0.4) is 0 Å². The van der Waals surface area contributed by atoms with E-state index in [0.717, 1.165) is 17.6 Å². The summed E-state index contributed by atoms with van der Waals surface area (Å²) in [5.74, 6) is 1.81. The number of hydrogen-bond acceptors (Lipinski definition) is 3. The number of thioether (sulfide) groups is 1. The van der Waals surface area contributed by atoms with Crippen molar-refractivity contribution in [3.05, 3.63) is 29.3 Å². The molecule has 0 atom stereocenters. The minimum absolute atomic E-state index is 0.351. The number of benzene rings is 1. The molecule has 98 valence electrons. The van der Waals surface area contributed by atoms with Crippen LogP contribution < -0.4 is 5.32 Å². The van der Waals surface area contributed by atoms with Gasteiger partial charge >= 0.3 is 6.18 Å². The van der Waals surface area contributed by atoms with Crippen LogP contribution in [0.5, 0.6) is 0 Å². The summed E-state index contributed by atoms with van der Waals surface area (Å²) < 4.78 is 38.0. The molecule has 0 aliphatic heterocycles. The van der Waals surface area contributed by atoms with Crippen LogP contribution in [-0.2, 0) is 6.18 Å². The van der Waals surface area contributed by atoms with Crippen LogP contribution in [0.4, 0.5) is 18.9 Å². The van der Waals surface area contributed by atoms with Gasteiger partial charge in [0.2, 0.25) is 0 Å². The van der Waals surface area contributed by atoms with Gasteiger partial charge in [0.25, 0.3) is 0 Å². The van der Waals surface area contributed by atoms with E-state index in [1.54, 1.807) is 17.8 Å². The molecule has 1 aromatic carbocycles. The summed E-state index contributed by atoms with van der Waals surface area (Å²) >= 11 is 1.71. The summed E-state index contributed by atoms with van der Waals surface area (Å²) in [4.78, 5) is 0. The zero-order valence-electron chi connectivity index (χ0n) is 9.84. The summed E-state index contributed by atoms with van der Waals surface area (Å²) in [7, 11) is 0. The van der Waals surface area contributed by atoms with Crippen molar-refractivity contribution in [1.29, 1.82) is 5.26 Å². The molecule has 18 heavy (non-hydrogen) atoms. The molecule has 0 aliphatic rings. The van der Waals surface area contributed by atoms with E-state index in [0.29, 0.717) is 12.2 Å². The highest BCUT2D eigenvalue weighted by atomic mass is 32.2. The van der Waals surface area contributed by atoms with Crippen LogP contribution in [-0.4, -0.2) is 18.1 Å². The summed E-state index contributed by atoms with van der Waals surface area (Å²) in [6.07, 6.45) is -4.50. The summed E-state index contributed by atoms with van der Waals surface area (Å²) in [5.41, 5.74) is -0.854. The standard InChI is InChI=1S/C12H13F3N2S/c1-2-18-6-5-17-10-4-3-9(8-16)11(7-10)12(13,14)15/h3-4,7,17H,2,5-6H2,1H3. The van der Waals surface area contributed by atoms with E-state index in [1.165, 1.54) is 12.1 Å². The Bertz CT molecular complexity index is 438. The van der Waals surface area contributed by atoms with E-state index in [2.05, 4.69) is 5.32 Å². The summed E-state index contributed by atoms with van der Waals surface area (Å²) in [5, 5.41) is 11.6. The number of nitrogens with one attached hydrogen (secondary N) is 1. The van der Waals surface area contributed by atoms with Gasteiger partial charge in [0.1, 0.15) is 0 Å². The monoisotopic (exact) mass is 274 g/mol. The smallest absolute Gasteiger partial charge is 0.384 e. The first kappa shape index (κ1) is 14.7. The normalized spacial score (nSPS) is 11.1. The molecule has 2 nitrogen and oxygen atoms in total. The average Bonchev–Trinajstić information content (AvgIpc) is 2.33. The second-order valence-electron chi connectivity index (χ2n) is 3.49. The Balaban J connectivity index is 2.81. The minimum atomic E-state index is -4.50. The third kappa shape index (κ3) is 4.15. The van der Waals surface area contributed by atoms with Crippen LogP contribution in [0.2, 0.25) is 0 Å². The van der Waals surface area contributed by atoms with E-state index in [-0.39, 0.29) is 5.56 Å². The summed E-state index contributed by atoms with van der Waals surface area (Å²) in [6.45, 7) is 2.62. The number of rotatable bonds is 5. The minimum Gasteiger partial charge on any atom is -0.384 e. The highest BCUT2D eigenvalue weighted by Gasteiger charge is 2.33. The van der Waals surface area contributed by atoms with Crippen molar-refractivity contribution in [1.82, 2.24) is 0 Å². The van der Waals surface area contributed by atoms with E-state index in [9.17, 15) is 13.2 Å². The molecule has 0 saturated carbocycles. The van der Waals surface area contributed by atoms with E-state index < -0.39 is 11.7 Å². The van der Waals surface area contributed by atoms with E-state index in [4.69, 9.17) is 5.26 Å². The molecule has 0 heterocycles. The van der Waals surface area contributed by atoms with Gasteiger partial charge in [-0.3, -0.25) is 0 Å². The van der Waals surface area contributed by atoms with Crippen molar-refractivity contribution in [2.75, 3.05) is 23.4 Å². The van der Waals surface area contributed by atoms with Crippen molar-refractivity contribution in [2.24, 2.45) is 0 Å². The maximum Gasteiger partial charge on any atom is 0.417 e. The van der Waals surface area contributed by atoms with Gasteiger partial charge in [0.15, 0.2) is 0 Å². The fourth-order valence-corrected chi connectivity index (χ4v) is 1.93. The lowest BCUT2D eigenvalue weighted by atomic mass is 10.1. The zero-order chi connectivity index (χ0) is 13.6. The first-order valence-corrected chi connectivity index (χ1v) is 6.57. The van der Waals surface area contributed by atoms with Gasteiger partial charge in [-0.05, 0) is 24.0 Å². The topological polar surface area (TPSA) is 35.8 Å². The largest absolute Gasteiger partial charge is 0.417 e. The first-order chi connectivity index (χ1) is 8.49. The van der Waals surface area contributed by atoms with Crippen LogP contribution in [0, 0.1) is 11.3 Å². The van der Waals surface area contributed by atoms with Crippen LogP contribution in [0.1, 0.15) is 18.1 Å². The third-order valence-corrected chi connectivity index (χ3v) is 3.13. The Morgan fingerprint density at radius 2 is 2.11 bits per heavy atom. The van der Waals surface area contributed by atoms with Crippen molar-refractivity contribution < 1.29 is 13.2 Å². The molecule has 1 rings (SSSR count). The SMILES string of the molecule is CCSCCNc1ccc(C#N)c(C(F)(F)F)c1. The Kier molecular flexibility index (Phi) is 5.35. The molecule has 0 aliphatic carbocycles. The van der Waals surface area contributed by atoms with Crippen molar-refractivity contribution in [2.45, 2.75) is 13.1 Å². The zero-order valence-corrected chi connectivity index (χ0v) is 10.7. The maximum absolute atomic E-state index is 12.7. The molecule has 0 bridgehead atoms. The molecular formula is C12H13F3N2S. The van der Waals surface area contributed by atoms with E-state index >= 15 is 0 Å². The fourth-order valence-electron chi connectivity index (χ4n) is 1.40. The molecule has 0 saturated heterocycles. The lowest BCUT2D eigenvalue weighted by Gasteiger charge is -2.12. The lowest BCUT2D eigenvalue weighted by Crippen LogP contribution is -2.10. The van der Waals surface area contributed by atoms with Crippen molar-refractivity contribution in [3.63, 3.8) is 0 Å². The Morgan fingerprint density at radius 1 is 1.39 bits per heavy atom. The van der Waals surface area contributed by atoms with Gasteiger partial charge in [-0.1, -0.05) is 6.92 Å². The van der Waals surface area contributed by atoms with Gasteiger partial charge < -0.3 is 5.32 Å². The number of nitrogens with zero attached hydrogens (tertiary/aromatic N) is 1. The summed E-state index contributed by atoms with van der Waals surface area (Å²) in [6, 6.07) is 5.22. The van der Waals surface area contributed by atoms with Gasteiger partial charge in [0, 0.05) is 18.0 Å². The molecule has 1 aromatic rings. The lowest BCUT2D eigenvalue weighted by molar-refractivity contribution is -0.137. The number of anilines is 1. The second kappa shape index (κ2) is 6.55. The van der Waals surface area contributed by atoms with Gasteiger partial charge in [-0.2, -0.15) is 30.2 Å². The number of halogens is 3. The van der Waals surface area contributed by atoms with Gasteiger partial charge in [-0.15, -0.1) is 0 Å². The van der Waals surface area contributed by atoms with Gasteiger partial charge in [-0.25, -0.2) is 0 Å². The fraction of sp³-hybridized carbons (Fsp3) is 0.417. The van der Waals surface area contributed by atoms with Gasteiger partial charge in [0.05, 0.1) is 17.2 Å². The highest BCUT2D eigenvalue weighted by Crippen LogP contribution is 2.33. The van der Waals surface area contributed by atoms with E-state index in [1.807, 2.05) is 6.92 Å². The molecule has 0 fully saturated rings. The molecule has 6 heteroatoms. The Hall–Kier alpha value is -1.35. The molecule has 0 aromatic heterocycles. The first-order valence-electron chi connectivity index (χ1n) is 5.42. The maximum atomic E-state index is 12.7. The van der Waals surface area contributed by atoms with Crippen LogP contribution in [0.15, 0.2) is 18.2 Å². The number of hydrogen-bond donors (Lipinski definition) is 1. The molecule has 1 N–H and O–H groups in total. The average molecular weight is 274 g/mol. The van der Waals surface area contributed by atoms with Crippen LogP contribution in [0.25, 0.3) is 0 Å². The molecule has 0 amide bonds. The second-order valence-corrected chi connectivity index (χ2v) is 4.89. The molecular weight excluding hydrogens is 261 g/mol. The van der Waals surface area contributed by atoms with Crippen molar-refractivity contribution >= 4 is 17.4 Å². The number of alkyl halides is 3. The highest BCUT2D eigenvalue weighted by molar-refractivity contribution is 7.99. The predicted octanol–water partition coefficient (Wildman–Crippen LogP) is 3.74. The molecule has 0 spiro atoms. The number of nitriles is 1. The predicted molar refractivity (Wildman–Crippen MR) is 67.6 cm³/mol. The molecule has 0 radical (unpaired) electrons. The third-order valence-electron chi connectivity index (χ3n) is 2.23. The molecule has 0 unspecified atom stereocenters. The quantitative estimate of drug-likeness (QED) is 0.831. The Morgan fingerprint density at radius 3 is 2.67 bits per heavy atom. The van der Waals surface area contributed by atoms with Crippen LogP contribution >= 0.6 is 11.8 Å². The van der Waals surface area contributed by atoms with Crippen molar-refractivity contribution in [3.8, 4) is 6.07 Å².